The van der Waals surface area contributed by atoms with Crippen LogP contribution in [-0.2, 0) is 14.2 Å². The molecule has 0 aromatic carbocycles. The maximum absolute atomic E-state index is 11.6. The highest BCUT2D eigenvalue weighted by Crippen LogP contribution is 2.47. The van der Waals surface area contributed by atoms with Crippen LogP contribution in [0.4, 0.5) is 0 Å². The number of ether oxygens (including phenoxy) is 3. The minimum atomic E-state index is -3.08. The summed E-state index contributed by atoms with van der Waals surface area (Å²) in [6.07, 6.45) is -19.8. The first-order chi connectivity index (χ1) is 14.4. The van der Waals surface area contributed by atoms with Crippen molar-refractivity contribution in [1.29, 1.82) is 0 Å². The molecule has 11 N–H and O–H groups in total. The van der Waals surface area contributed by atoms with Gasteiger partial charge in [0.25, 0.3) is 0 Å². The minimum Gasteiger partial charge on any atom is -0.394 e. The van der Waals surface area contributed by atoms with E-state index in [1.54, 1.807) is 0 Å². The Kier molecular flexibility index (Phi) is 7.28. The van der Waals surface area contributed by atoms with Crippen LogP contribution in [-0.4, -0.2) is 155 Å². The van der Waals surface area contributed by atoms with Crippen LogP contribution in [0.5, 0.6) is 0 Å². The van der Waals surface area contributed by atoms with Gasteiger partial charge in [0.15, 0.2) is 17.3 Å². The highest BCUT2D eigenvalue weighted by Gasteiger charge is 2.72. The van der Waals surface area contributed by atoms with E-state index in [-0.39, 0.29) is 0 Å². The zero-order valence-electron chi connectivity index (χ0n) is 16.2. The van der Waals surface area contributed by atoms with E-state index in [9.17, 15) is 56.2 Å². The number of rotatable bonds is 4. The van der Waals surface area contributed by atoms with E-state index in [2.05, 4.69) is 0 Å². The van der Waals surface area contributed by atoms with Gasteiger partial charge in [-0.2, -0.15) is 0 Å². The molecule has 3 fully saturated rings. The molecule has 181 valence electrons. The Morgan fingerprint density at radius 3 is 2.00 bits per heavy atom. The van der Waals surface area contributed by atoms with Crippen molar-refractivity contribution < 1.29 is 70.4 Å². The molecule has 14 nitrogen and oxygen atoms in total. The Balaban J connectivity index is 2.08. The Morgan fingerprint density at radius 1 is 0.806 bits per heavy atom. The lowest BCUT2D eigenvalue weighted by Gasteiger charge is -2.60. The summed E-state index contributed by atoms with van der Waals surface area (Å²) in [4.78, 5) is 0. The third-order valence-electron chi connectivity index (χ3n) is 6.35. The van der Waals surface area contributed by atoms with Crippen LogP contribution < -0.4 is 0 Å². The van der Waals surface area contributed by atoms with Gasteiger partial charge in [-0.3, -0.25) is 0 Å². The first-order valence-corrected chi connectivity index (χ1v) is 9.64. The number of hydrogen-bond acceptors (Lipinski definition) is 14. The second-order valence-electron chi connectivity index (χ2n) is 8.12. The van der Waals surface area contributed by atoms with Gasteiger partial charge in [0.05, 0.1) is 26.4 Å². The quantitative estimate of drug-likeness (QED) is 0.188. The molecule has 0 saturated carbocycles. The highest BCUT2D eigenvalue weighted by molar-refractivity contribution is 5.24. The fourth-order valence-electron chi connectivity index (χ4n) is 4.42. The van der Waals surface area contributed by atoms with E-state index in [1.165, 1.54) is 0 Å². The Hall–Kier alpha value is -0.560. The molecule has 0 aliphatic carbocycles. The third-order valence-corrected chi connectivity index (χ3v) is 6.35. The average molecular weight is 457 g/mol. The smallest absolute Gasteiger partial charge is 0.156 e. The van der Waals surface area contributed by atoms with Crippen LogP contribution >= 0.6 is 0 Å². The largest absolute Gasteiger partial charge is 0.394 e. The van der Waals surface area contributed by atoms with E-state index >= 15 is 0 Å². The van der Waals surface area contributed by atoms with Crippen molar-refractivity contribution in [3.63, 3.8) is 0 Å². The molecular weight excluding hydrogens is 428 g/mol. The second kappa shape index (κ2) is 9.00. The Labute approximate surface area is 176 Å². The van der Waals surface area contributed by atoms with Gasteiger partial charge in [-0.05, 0) is 0 Å². The third kappa shape index (κ3) is 3.70. The molecule has 0 amide bonds. The van der Waals surface area contributed by atoms with Crippen molar-refractivity contribution in [2.45, 2.75) is 72.2 Å². The summed E-state index contributed by atoms with van der Waals surface area (Å²) in [6, 6.07) is 0. The fraction of sp³-hybridized carbons (Fsp3) is 0.941. The summed E-state index contributed by atoms with van der Waals surface area (Å²) < 4.78 is 15.7. The zero-order valence-corrected chi connectivity index (χ0v) is 16.2. The number of hydrogen-bond donors (Lipinski definition) is 11. The standard InChI is InChI=1S/C17H29O14/c18-1-6-9(22)10(23)12(25)15(31-6)17(28)13(26)7(2-19)30-4-16(17,27)14-11(24)8(21)5(20)3-29-14/h5-6,8-15,18-28H,1-4H2/t5-,6+,8+,9+,10-,11-,12+,13-,14?,15?,16-,17-/m1/s1. The zero-order chi connectivity index (χ0) is 23.3. The summed E-state index contributed by atoms with van der Waals surface area (Å²) >= 11 is 0. The molecule has 0 aromatic rings. The van der Waals surface area contributed by atoms with Crippen molar-refractivity contribution in [3.05, 3.63) is 6.10 Å². The topological polar surface area (TPSA) is 250 Å². The van der Waals surface area contributed by atoms with E-state index in [1.807, 2.05) is 0 Å². The van der Waals surface area contributed by atoms with Crippen molar-refractivity contribution in [2.24, 2.45) is 0 Å². The van der Waals surface area contributed by atoms with E-state index in [0.29, 0.717) is 0 Å². The molecule has 0 bridgehead atoms. The van der Waals surface area contributed by atoms with Gasteiger partial charge in [0, 0.05) is 0 Å². The van der Waals surface area contributed by atoms with Gasteiger partial charge in [-0.25, -0.2) is 0 Å². The molecular formula is C17H29O14. The van der Waals surface area contributed by atoms with Crippen molar-refractivity contribution in [2.75, 3.05) is 26.4 Å². The minimum absolute atomic E-state index is 0.560. The lowest BCUT2D eigenvalue weighted by atomic mass is 9.64. The molecule has 1 radical (unpaired) electrons. The molecule has 0 spiro atoms. The second-order valence-corrected chi connectivity index (χ2v) is 8.12. The fourth-order valence-corrected chi connectivity index (χ4v) is 4.42. The first kappa shape index (κ1) is 25.1. The maximum Gasteiger partial charge on any atom is 0.156 e. The summed E-state index contributed by atoms with van der Waals surface area (Å²) in [6.45, 7) is -3.36. The van der Waals surface area contributed by atoms with Crippen molar-refractivity contribution >= 4 is 0 Å². The number of aliphatic hydroxyl groups excluding tert-OH is 9. The van der Waals surface area contributed by atoms with Crippen LogP contribution in [0.15, 0.2) is 0 Å². The molecule has 2 unspecified atom stereocenters. The predicted molar refractivity (Wildman–Crippen MR) is 93.7 cm³/mol. The predicted octanol–water partition coefficient (Wildman–Crippen LogP) is -7.31. The van der Waals surface area contributed by atoms with Crippen molar-refractivity contribution in [3.8, 4) is 0 Å². The molecule has 3 aliphatic rings. The van der Waals surface area contributed by atoms with Crippen LogP contribution in [0, 0.1) is 6.10 Å². The van der Waals surface area contributed by atoms with E-state index in [4.69, 9.17) is 14.2 Å². The summed E-state index contributed by atoms with van der Waals surface area (Å²) in [5, 5.41) is 113. The Bertz CT molecular complexity index is 622. The summed E-state index contributed by atoms with van der Waals surface area (Å²) in [5.41, 5.74) is -5.94. The van der Waals surface area contributed by atoms with Crippen molar-refractivity contribution in [1.82, 2.24) is 0 Å². The van der Waals surface area contributed by atoms with Gasteiger partial charge in [-0.15, -0.1) is 0 Å². The van der Waals surface area contributed by atoms with Crippen LogP contribution in [0.3, 0.4) is 0 Å². The number of aliphatic hydroxyl groups is 11. The monoisotopic (exact) mass is 457 g/mol. The molecule has 31 heavy (non-hydrogen) atoms. The Morgan fingerprint density at radius 2 is 1.42 bits per heavy atom. The average Bonchev–Trinajstić information content (AvgIpc) is 2.74. The molecule has 3 saturated heterocycles. The molecule has 3 rings (SSSR count). The van der Waals surface area contributed by atoms with Crippen LogP contribution in [0.2, 0.25) is 0 Å². The lowest BCUT2D eigenvalue weighted by Crippen LogP contribution is -2.83. The van der Waals surface area contributed by atoms with Gasteiger partial charge in [0.2, 0.25) is 0 Å². The van der Waals surface area contributed by atoms with Gasteiger partial charge in [-0.1, -0.05) is 0 Å². The molecule has 12 atom stereocenters. The SMILES string of the molecule is OC[C]1OC[C@@](O)(C2OC[C@@H](O)[C@H](O)[C@H]2O)[C@](O)(C2O[C@@H](CO)[C@H](O)[C@@H](O)[C@@H]2O)[C@@H]1O. The first-order valence-electron chi connectivity index (χ1n) is 9.64. The summed E-state index contributed by atoms with van der Waals surface area (Å²) in [5.74, 6) is 0. The van der Waals surface area contributed by atoms with Gasteiger partial charge < -0.3 is 70.4 Å². The molecule has 3 heterocycles. The normalized spacial score (nSPS) is 54.7. The van der Waals surface area contributed by atoms with E-state index < -0.39 is 105 Å². The molecule has 0 aromatic heterocycles. The van der Waals surface area contributed by atoms with Gasteiger partial charge >= 0.3 is 0 Å². The molecule has 14 heteroatoms. The van der Waals surface area contributed by atoms with Gasteiger partial charge in [0.1, 0.15) is 61.0 Å². The van der Waals surface area contributed by atoms with Crippen LogP contribution in [0.25, 0.3) is 0 Å². The van der Waals surface area contributed by atoms with E-state index in [0.717, 1.165) is 0 Å². The molecule has 3 aliphatic heterocycles. The lowest BCUT2D eigenvalue weighted by molar-refractivity contribution is -0.374. The maximum atomic E-state index is 11.6. The van der Waals surface area contributed by atoms with Crippen LogP contribution in [0.1, 0.15) is 0 Å². The highest BCUT2D eigenvalue weighted by atomic mass is 16.6. The summed E-state index contributed by atoms with van der Waals surface area (Å²) in [7, 11) is 0.